The number of guanidine groups is 1. The lowest BCUT2D eigenvalue weighted by molar-refractivity contribution is -0.0498. The molecule has 2 rings (SSSR count). The highest BCUT2D eigenvalue weighted by Gasteiger charge is 2.09. The number of rotatable bonds is 6. The second-order valence-corrected chi connectivity index (χ2v) is 5.08. The Kier molecular flexibility index (Phi) is 8.52. The van der Waals surface area contributed by atoms with Gasteiger partial charge in [-0.1, -0.05) is 12.1 Å². The van der Waals surface area contributed by atoms with E-state index >= 15 is 0 Å². The molecule has 25 heavy (non-hydrogen) atoms. The van der Waals surface area contributed by atoms with Gasteiger partial charge >= 0.3 is 6.61 Å². The maximum Gasteiger partial charge on any atom is 0.387 e. The second-order valence-electron chi connectivity index (χ2n) is 5.08. The Bertz CT molecular complexity index is 677. The minimum atomic E-state index is -2.82. The maximum atomic E-state index is 12.1. The van der Waals surface area contributed by atoms with Crippen LogP contribution in [0.2, 0.25) is 0 Å². The van der Waals surface area contributed by atoms with E-state index < -0.39 is 6.61 Å². The van der Waals surface area contributed by atoms with Crippen LogP contribution in [0.1, 0.15) is 11.4 Å². The first-order chi connectivity index (χ1) is 11.5. The van der Waals surface area contributed by atoms with E-state index in [4.69, 9.17) is 0 Å². The van der Waals surface area contributed by atoms with Crippen molar-refractivity contribution in [2.45, 2.75) is 19.7 Å². The summed E-state index contributed by atoms with van der Waals surface area (Å²) >= 11 is 0. The first-order valence-electron chi connectivity index (χ1n) is 7.28. The van der Waals surface area contributed by atoms with Crippen LogP contribution in [0, 0.1) is 0 Å². The van der Waals surface area contributed by atoms with E-state index in [1.54, 1.807) is 23.9 Å². The van der Waals surface area contributed by atoms with Gasteiger partial charge in [0, 0.05) is 27.7 Å². The first kappa shape index (κ1) is 21.1. The number of benzene rings is 1. The highest BCUT2D eigenvalue weighted by atomic mass is 127. The van der Waals surface area contributed by atoms with Gasteiger partial charge in [0.1, 0.15) is 17.9 Å². The smallest absolute Gasteiger partial charge is 0.387 e. The number of nitrogens with one attached hydrogen (secondary N) is 1. The van der Waals surface area contributed by atoms with E-state index in [0.29, 0.717) is 19.0 Å². The monoisotopic (exact) mass is 466 g/mol. The van der Waals surface area contributed by atoms with Crippen molar-refractivity contribution in [3.05, 3.63) is 42.0 Å². The maximum absolute atomic E-state index is 12.1. The molecule has 138 valence electrons. The number of aryl methyl sites for hydroxylation is 1. The molecule has 0 radical (unpaired) electrons. The van der Waals surface area contributed by atoms with Crippen molar-refractivity contribution in [2.24, 2.45) is 12.0 Å². The average molecular weight is 466 g/mol. The van der Waals surface area contributed by atoms with Crippen molar-refractivity contribution in [3.8, 4) is 5.75 Å². The number of halogens is 3. The van der Waals surface area contributed by atoms with Gasteiger partial charge in [0.25, 0.3) is 0 Å². The summed E-state index contributed by atoms with van der Waals surface area (Å²) in [5.74, 6) is 1.62. The molecule has 0 bridgehead atoms. The van der Waals surface area contributed by atoms with Gasteiger partial charge in [-0.15, -0.1) is 24.0 Å². The molecule has 0 saturated carbocycles. The Labute approximate surface area is 162 Å². The third kappa shape index (κ3) is 6.44. The summed E-state index contributed by atoms with van der Waals surface area (Å²) in [5.41, 5.74) is 0.945. The molecular formula is C15H21F2IN6O. The van der Waals surface area contributed by atoms with E-state index in [2.05, 4.69) is 25.1 Å². The fraction of sp³-hybridized carbons (Fsp3) is 0.400. The molecule has 0 amide bonds. The Morgan fingerprint density at radius 1 is 1.36 bits per heavy atom. The van der Waals surface area contributed by atoms with Crippen LogP contribution in [-0.2, 0) is 20.1 Å². The van der Waals surface area contributed by atoms with Crippen molar-refractivity contribution >= 4 is 29.9 Å². The minimum Gasteiger partial charge on any atom is -0.435 e. The molecule has 0 unspecified atom stereocenters. The quantitative estimate of drug-likeness (QED) is 0.402. The van der Waals surface area contributed by atoms with Crippen molar-refractivity contribution < 1.29 is 13.5 Å². The van der Waals surface area contributed by atoms with Gasteiger partial charge in [0.2, 0.25) is 0 Å². The number of aliphatic imine (C=N–C) groups is 1. The SMILES string of the molecule is CN=C(NCc1ncnn1C)N(C)Cc1ccc(OC(F)F)cc1.I. The number of hydrogen-bond acceptors (Lipinski definition) is 4. The highest BCUT2D eigenvalue weighted by molar-refractivity contribution is 14.0. The van der Waals surface area contributed by atoms with E-state index in [9.17, 15) is 8.78 Å². The summed E-state index contributed by atoms with van der Waals surface area (Å²) in [7, 11) is 5.39. The summed E-state index contributed by atoms with van der Waals surface area (Å²) in [5, 5.41) is 7.21. The van der Waals surface area contributed by atoms with E-state index in [-0.39, 0.29) is 29.7 Å². The number of ether oxygens (including phenoxy) is 1. The Morgan fingerprint density at radius 2 is 2.04 bits per heavy atom. The van der Waals surface area contributed by atoms with Gasteiger partial charge in [-0.05, 0) is 17.7 Å². The molecule has 0 aliphatic rings. The second kappa shape index (κ2) is 10.1. The molecule has 1 N–H and O–H groups in total. The van der Waals surface area contributed by atoms with Gasteiger partial charge in [0.05, 0.1) is 6.54 Å². The zero-order valence-corrected chi connectivity index (χ0v) is 16.5. The van der Waals surface area contributed by atoms with Crippen LogP contribution in [0.5, 0.6) is 5.75 Å². The topological polar surface area (TPSA) is 67.6 Å². The third-order valence-corrected chi connectivity index (χ3v) is 3.35. The lowest BCUT2D eigenvalue weighted by Crippen LogP contribution is -2.38. The Hall–Kier alpha value is -1.98. The lowest BCUT2D eigenvalue weighted by atomic mass is 10.2. The van der Waals surface area contributed by atoms with Crippen molar-refractivity contribution in [1.82, 2.24) is 25.0 Å². The zero-order chi connectivity index (χ0) is 17.5. The largest absolute Gasteiger partial charge is 0.435 e. The molecule has 1 aromatic heterocycles. The Morgan fingerprint density at radius 3 is 2.56 bits per heavy atom. The molecule has 1 aromatic carbocycles. The fourth-order valence-electron chi connectivity index (χ4n) is 2.15. The molecule has 0 fully saturated rings. The molecule has 0 aliphatic heterocycles. The summed E-state index contributed by atoms with van der Waals surface area (Å²) in [6.07, 6.45) is 1.49. The van der Waals surface area contributed by atoms with Crippen molar-refractivity contribution in [1.29, 1.82) is 0 Å². The number of hydrogen-bond donors (Lipinski definition) is 1. The average Bonchev–Trinajstić information content (AvgIpc) is 2.95. The number of alkyl halides is 2. The molecule has 10 heteroatoms. The van der Waals surface area contributed by atoms with Gasteiger partial charge in [-0.3, -0.25) is 9.67 Å². The molecule has 0 atom stereocenters. The van der Waals surface area contributed by atoms with Crippen LogP contribution < -0.4 is 10.1 Å². The third-order valence-electron chi connectivity index (χ3n) is 3.35. The van der Waals surface area contributed by atoms with Gasteiger partial charge in [-0.25, -0.2) is 4.98 Å². The highest BCUT2D eigenvalue weighted by Crippen LogP contribution is 2.15. The van der Waals surface area contributed by atoms with Crippen LogP contribution in [0.4, 0.5) is 8.78 Å². The molecule has 0 aliphatic carbocycles. The first-order valence-corrected chi connectivity index (χ1v) is 7.28. The molecular weight excluding hydrogens is 445 g/mol. The summed E-state index contributed by atoms with van der Waals surface area (Å²) in [4.78, 5) is 10.3. The standard InChI is InChI=1S/C15H20F2N6O.HI/c1-18-15(19-8-13-20-10-21-23(13)3)22(2)9-11-4-6-12(7-5-11)24-14(16)17;/h4-7,10,14H,8-9H2,1-3H3,(H,18,19);1H. The zero-order valence-electron chi connectivity index (χ0n) is 14.2. The van der Waals surface area contributed by atoms with Gasteiger partial charge in [-0.2, -0.15) is 13.9 Å². The normalized spacial score (nSPS) is 11.2. The van der Waals surface area contributed by atoms with E-state index in [1.165, 1.54) is 18.5 Å². The van der Waals surface area contributed by atoms with Crippen LogP contribution in [0.25, 0.3) is 0 Å². The fourth-order valence-corrected chi connectivity index (χ4v) is 2.15. The van der Waals surface area contributed by atoms with E-state index in [0.717, 1.165) is 11.4 Å². The van der Waals surface area contributed by atoms with Crippen LogP contribution in [0.3, 0.4) is 0 Å². The Balaban J connectivity index is 0.00000312. The molecule has 0 saturated heterocycles. The molecule has 2 aromatic rings. The van der Waals surface area contributed by atoms with Gasteiger partial charge < -0.3 is 15.0 Å². The lowest BCUT2D eigenvalue weighted by Gasteiger charge is -2.22. The predicted octanol–water partition coefficient (Wildman–Crippen LogP) is 2.24. The minimum absolute atomic E-state index is 0. The predicted molar refractivity (Wildman–Crippen MR) is 101 cm³/mol. The summed E-state index contributed by atoms with van der Waals surface area (Å²) in [6, 6.07) is 6.52. The van der Waals surface area contributed by atoms with Crippen molar-refractivity contribution in [2.75, 3.05) is 14.1 Å². The van der Waals surface area contributed by atoms with Gasteiger partial charge in [0.15, 0.2) is 5.96 Å². The summed E-state index contributed by atoms with van der Waals surface area (Å²) in [6.45, 7) is -1.76. The molecule has 0 spiro atoms. The van der Waals surface area contributed by atoms with E-state index in [1.807, 2.05) is 19.0 Å². The van der Waals surface area contributed by atoms with Crippen LogP contribution in [-0.4, -0.2) is 46.3 Å². The molecule has 7 nitrogen and oxygen atoms in total. The van der Waals surface area contributed by atoms with Crippen LogP contribution in [0.15, 0.2) is 35.6 Å². The summed E-state index contributed by atoms with van der Waals surface area (Å²) < 4.78 is 30.3. The molecule has 1 heterocycles. The van der Waals surface area contributed by atoms with Crippen LogP contribution >= 0.6 is 24.0 Å². The van der Waals surface area contributed by atoms with Crippen molar-refractivity contribution in [3.63, 3.8) is 0 Å². The number of aromatic nitrogens is 3. The number of nitrogens with zero attached hydrogens (tertiary/aromatic N) is 5.